The van der Waals surface area contributed by atoms with Gasteiger partial charge in [-0.15, -0.1) is 0 Å². The van der Waals surface area contributed by atoms with E-state index in [0.29, 0.717) is 0 Å². The van der Waals surface area contributed by atoms with Gasteiger partial charge < -0.3 is 9.47 Å². The molecule has 0 aliphatic heterocycles. The van der Waals surface area contributed by atoms with E-state index in [4.69, 9.17) is 0 Å². The van der Waals surface area contributed by atoms with Crippen LogP contribution in [0.2, 0.25) is 0 Å². The molecule has 57 heavy (non-hydrogen) atoms. The molecule has 0 saturated heterocycles. The fourth-order valence-corrected chi connectivity index (χ4v) is 9.46. The molecule has 9 aromatic carbocycles. The first-order valence-electron chi connectivity index (χ1n) is 19.9. The van der Waals surface area contributed by atoms with Crippen molar-refractivity contribution >= 4 is 49.6 Å². The Balaban J connectivity index is 1.13. The SMILES string of the molecule is CC1(C)c2ccccc2-c2ccc(N(c3cccc(-c4cc(-n5c6ccccc6c6ccccc65)cc5ccccc45)c3)c3ccccc3-c3ccccc3)cc21. The zero-order chi connectivity index (χ0) is 38.1. The molecule has 1 aliphatic rings. The summed E-state index contributed by atoms with van der Waals surface area (Å²) < 4.78 is 2.43. The van der Waals surface area contributed by atoms with Crippen molar-refractivity contribution in [3.8, 4) is 39.1 Å². The third kappa shape index (κ3) is 5.25. The Labute approximate surface area is 333 Å². The fourth-order valence-electron chi connectivity index (χ4n) is 9.46. The van der Waals surface area contributed by atoms with Gasteiger partial charge in [-0.25, -0.2) is 0 Å². The van der Waals surface area contributed by atoms with Gasteiger partial charge >= 0.3 is 0 Å². The van der Waals surface area contributed by atoms with Crippen molar-refractivity contribution in [2.45, 2.75) is 19.3 Å². The monoisotopic (exact) mass is 728 g/mol. The van der Waals surface area contributed by atoms with E-state index in [1.807, 2.05) is 0 Å². The number of aromatic nitrogens is 1. The molecular formula is C55H40N2. The first kappa shape index (κ1) is 33.2. The van der Waals surface area contributed by atoms with Crippen molar-refractivity contribution in [2.75, 3.05) is 4.90 Å². The number of hydrogen-bond donors (Lipinski definition) is 0. The third-order valence-corrected chi connectivity index (χ3v) is 12.2. The second-order valence-corrected chi connectivity index (χ2v) is 15.8. The second-order valence-electron chi connectivity index (χ2n) is 15.8. The minimum absolute atomic E-state index is 0.124. The highest BCUT2D eigenvalue weighted by Gasteiger charge is 2.36. The number of nitrogens with zero attached hydrogens (tertiary/aromatic N) is 2. The van der Waals surface area contributed by atoms with Gasteiger partial charge in [0.15, 0.2) is 0 Å². The lowest BCUT2D eigenvalue weighted by Crippen LogP contribution is -2.17. The van der Waals surface area contributed by atoms with Crippen molar-refractivity contribution in [3.63, 3.8) is 0 Å². The molecule has 1 aliphatic carbocycles. The number of para-hydroxylation sites is 3. The van der Waals surface area contributed by atoms with E-state index in [2.05, 4.69) is 230 Å². The van der Waals surface area contributed by atoms with Gasteiger partial charge in [0.1, 0.15) is 0 Å². The largest absolute Gasteiger partial charge is 0.310 e. The number of rotatable bonds is 6. The molecule has 0 spiro atoms. The molecule has 0 saturated carbocycles. The molecule has 0 amide bonds. The molecule has 0 fully saturated rings. The van der Waals surface area contributed by atoms with E-state index in [1.54, 1.807) is 0 Å². The summed E-state index contributed by atoms with van der Waals surface area (Å²) >= 11 is 0. The summed E-state index contributed by atoms with van der Waals surface area (Å²) in [6.45, 7) is 4.72. The van der Waals surface area contributed by atoms with Crippen molar-refractivity contribution in [1.29, 1.82) is 0 Å². The molecule has 10 aromatic rings. The van der Waals surface area contributed by atoms with E-state index in [0.717, 1.165) is 22.7 Å². The van der Waals surface area contributed by atoms with Crippen molar-refractivity contribution in [2.24, 2.45) is 0 Å². The molecule has 2 nitrogen and oxygen atoms in total. The minimum Gasteiger partial charge on any atom is -0.310 e. The van der Waals surface area contributed by atoms with Gasteiger partial charge in [-0.3, -0.25) is 0 Å². The summed E-state index contributed by atoms with van der Waals surface area (Å²) in [5, 5.41) is 4.97. The standard InChI is InChI=1S/C55H40N2/c1-55(2)50-27-12-8-24-45(50)46-32-31-41(36-51(46)55)56(52-28-13-9-23-44(52)37-17-4-3-5-18-37)40-21-16-20-39(33-40)49-35-42(34-38-19-6-7-22-43(38)49)57-53-29-14-10-25-47(53)48-26-11-15-30-54(48)57/h3-36H,1-2H3. The smallest absolute Gasteiger partial charge is 0.0541 e. The van der Waals surface area contributed by atoms with Crippen LogP contribution in [-0.2, 0) is 5.41 Å². The van der Waals surface area contributed by atoms with Crippen LogP contribution in [0.25, 0.3) is 71.6 Å². The highest BCUT2D eigenvalue weighted by atomic mass is 15.1. The lowest BCUT2D eigenvalue weighted by Gasteiger charge is -2.30. The van der Waals surface area contributed by atoms with Gasteiger partial charge in [0.05, 0.1) is 16.7 Å². The molecule has 2 heteroatoms. The first-order valence-corrected chi connectivity index (χ1v) is 19.9. The molecule has 0 unspecified atom stereocenters. The van der Waals surface area contributed by atoms with Crippen LogP contribution in [0.4, 0.5) is 17.1 Å². The van der Waals surface area contributed by atoms with Crippen LogP contribution in [0, 0.1) is 0 Å². The minimum atomic E-state index is -0.124. The molecule has 0 radical (unpaired) electrons. The van der Waals surface area contributed by atoms with Crippen molar-refractivity contribution in [1.82, 2.24) is 4.57 Å². The maximum Gasteiger partial charge on any atom is 0.0541 e. The number of fused-ring (bicyclic) bond motifs is 7. The average Bonchev–Trinajstić information content (AvgIpc) is 3.72. The number of benzene rings is 9. The summed E-state index contributed by atoms with van der Waals surface area (Å²) in [6, 6.07) is 75.7. The van der Waals surface area contributed by atoms with E-state index >= 15 is 0 Å². The predicted octanol–water partition coefficient (Wildman–Crippen LogP) is 15.0. The lowest BCUT2D eigenvalue weighted by atomic mass is 9.82. The van der Waals surface area contributed by atoms with Crippen LogP contribution < -0.4 is 4.90 Å². The zero-order valence-electron chi connectivity index (χ0n) is 32.0. The quantitative estimate of drug-likeness (QED) is 0.165. The number of anilines is 3. The Morgan fingerprint density at radius 3 is 1.77 bits per heavy atom. The van der Waals surface area contributed by atoms with E-state index < -0.39 is 0 Å². The Hall–Kier alpha value is -7.16. The van der Waals surface area contributed by atoms with Crippen LogP contribution in [0.5, 0.6) is 0 Å². The summed E-state index contributed by atoms with van der Waals surface area (Å²) in [7, 11) is 0. The normalized spacial score (nSPS) is 12.9. The van der Waals surface area contributed by atoms with Gasteiger partial charge in [0, 0.05) is 38.8 Å². The highest BCUT2D eigenvalue weighted by Crippen LogP contribution is 2.51. The maximum atomic E-state index is 2.46. The maximum absolute atomic E-state index is 2.46. The predicted molar refractivity (Wildman–Crippen MR) is 241 cm³/mol. The number of hydrogen-bond acceptors (Lipinski definition) is 1. The molecule has 0 bridgehead atoms. The summed E-state index contributed by atoms with van der Waals surface area (Å²) in [6.07, 6.45) is 0. The first-order chi connectivity index (χ1) is 28.0. The van der Waals surface area contributed by atoms with Crippen molar-refractivity contribution in [3.05, 3.63) is 217 Å². The Morgan fingerprint density at radius 2 is 0.982 bits per heavy atom. The van der Waals surface area contributed by atoms with E-state index in [9.17, 15) is 0 Å². The third-order valence-electron chi connectivity index (χ3n) is 12.2. The van der Waals surface area contributed by atoms with Gasteiger partial charge in [0.25, 0.3) is 0 Å². The Bertz CT molecular complexity index is 3110. The summed E-state index contributed by atoms with van der Waals surface area (Å²) in [5.41, 5.74) is 16.9. The van der Waals surface area contributed by atoms with Crippen LogP contribution in [-0.4, -0.2) is 4.57 Å². The van der Waals surface area contributed by atoms with Crippen LogP contribution in [0.1, 0.15) is 25.0 Å². The Kier molecular flexibility index (Phi) is 7.55. The Morgan fingerprint density at radius 1 is 0.386 bits per heavy atom. The molecular weight excluding hydrogens is 689 g/mol. The van der Waals surface area contributed by atoms with Crippen molar-refractivity contribution < 1.29 is 0 Å². The topological polar surface area (TPSA) is 8.17 Å². The second kappa shape index (κ2) is 13.0. The zero-order valence-corrected chi connectivity index (χ0v) is 32.0. The molecule has 11 rings (SSSR count). The van der Waals surface area contributed by atoms with E-state index in [-0.39, 0.29) is 5.41 Å². The van der Waals surface area contributed by atoms with Crippen LogP contribution in [0.15, 0.2) is 206 Å². The van der Waals surface area contributed by atoms with Gasteiger partial charge in [-0.1, -0.05) is 166 Å². The highest BCUT2D eigenvalue weighted by molar-refractivity contribution is 6.10. The van der Waals surface area contributed by atoms with Crippen LogP contribution in [0.3, 0.4) is 0 Å². The molecule has 0 atom stereocenters. The molecule has 270 valence electrons. The van der Waals surface area contributed by atoms with Crippen LogP contribution >= 0.6 is 0 Å². The summed E-state index contributed by atoms with van der Waals surface area (Å²) in [5.74, 6) is 0. The molecule has 0 N–H and O–H groups in total. The fraction of sp³-hybridized carbons (Fsp3) is 0.0545. The average molecular weight is 729 g/mol. The van der Waals surface area contributed by atoms with Gasteiger partial charge in [-0.2, -0.15) is 0 Å². The lowest BCUT2D eigenvalue weighted by molar-refractivity contribution is 0.660. The van der Waals surface area contributed by atoms with Gasteiger partial charge in [-0.05, 0) is 104 Å². The summed E-state index contributed by atoms with van der Waals surface area (Å²) in [4.78, 5) is 2.46. The van der Waals surface area contributed by atoms with E-state index in [1.165, 1.54) is 77.1 Å². The van der Waals surface area contributed by atoms with Gasteiger partial charge in [0.2, 0.25) is 0 Å². The molecule has 1 aromatic heterocycles. The molecule has 1 heterocycles.